The number of phenolic OH excluding ortho intramolecular Hbond substituents is 2. The van der Waals surface area contributed by atoms with Gasteiger partial charge in [0.05, 0.1) is 10.4 Å². The number of nitrogen functional groups attached to an aromatic ring is 1. The van der Waals surface area contributed by atoms with Crippen LogP contribution in [0.15, 0.2) is 16.7 Å². The summed E-state index contributed by atoms with van der Waals surface area (Å²) in [5.41, 5.74) is 6.88. The van der Waals surface area contributed by atoms with Gasteiger partial charge in [-0.25, -0.2) is 9.67 Å². The Kier molecular flexibility index (Phi) is 3.14. The van der Waals surface area contributed by atoms with Crippen molar-refractivity contribution in [2.45, 2.75) is 0 Å². The van der Waals surface area contributed by atoms with Crippen LogP contribution in [0.2, 0.25) is 5.02 Å². The van der Waals surface area contributed by atoms with Crippen LogP contribution in [-0.2, 0) is 7.05 Å². The van der Waals surface area contributed by atoms with Gasteiger partial charge in [0.2, 0.25) is 5.95 Å². The minimum absolute atomic E-state index is 0.0878. The number of aromatic hydroxyl groups is 2. The van der Waals surface area contributed by atoms with Gasteiger partial charge in [-0.05, 0) is 22.0 Å². The molecule has 2 heterocycles. The molecule has 0 aliphatic heterocycles. The van der Waals surface area contributed by atoms with Crippen LogP contribution in [0.5, 0.6) is 11.5 Å². The number of nitrogens with zero attached hydrogens (tertiary/aromatic N) is 4. The topological polar surface area (TPSA) is 110 Å². The lowest BCUT2D eigenvalue weighted by molar-refractivity contribution is 0.446. The fourth-order valence-electron chi connectivity index (χ4n) is 2.03. The van der Waals surface area contributed by atoms with Gasteiger partial charge in [0.15, 0.2) is 11.4 Å². The van der Waals surface area contributed by atoms with Gasteiger partial charge in [-0.1, -0.05) is 11.6 Å². The third-order valence-corrected chi connectivity index (χ3v) is 4.06. The molecule has 2 aromatic heterocycles. The van der Waals surface area contributed by atoms with E-state index in [1.54, 1.807) is 7.05 Å². The summed E-state index contributed by atoms with van der Waals surface area (Å²) in [6.07, 6.45) is 1.52. The standard InChI is InChI=1S/C12H9BrClN5O2/c1-19-11-5(3-16-12(15)17-11)8(18-19)4-2-6(14)10(21)7(13)9(4)20/h2-3,20-21H,1H3,(H2,15,16,17). The summed E-state index contributed by atoms with van der Waals surface area (Å²) in [6.45, 7) is 0. The van der Waals surface area contributed by atoms with Crippen molar-refractivity contribution in [1.29, 1.82) is 0 Å². The Morgan fingerprint density at radius 2 is 2.05 bits per heavy atom. The summed E-state index contributed by atoms with van der Waals surface area (Å²) in [5.74, 6) is -0.279. The second-order valence-corrected chi connectivity index (χ2v) is 5.56. The first-order valence-corrected chi connectivity index (χ1v) is 6.92. The molecule has 1 aromatic carbocycles. The molecule has 0 bridgehead atoms. The summed E-state index contributed by atoms with van der Waals surface area (Å²) in [6, 6.07) is 1.43. The number of aromatic nitrogens is 4. The number of halogens is 2. The summed E-state index contributed by atoms with van der Waals surface area (Å²) >= 11 is 9.04. The van der Waals surface area contributed by atoms with E-state index in [2.05, 4.69) is 31.0 Å². The van der Waals surface area contributed by atoms with Crippen LogP contribution < -0.4 is 5.73 Å². The summed E-state index contributed by atoms with van der Waals surface area (Å²) < 4.78 is 1.62. The molecular weight excluding hydrogens is 362 g/mol. The lowest BCUT2D eigenvalue weighted by atomic mass is 10.1. The van der Waals surface area contributed by atoms with E-state index in [-0.39, 0.29) is 26.9 Å². The Morgan fingerprint density at radius 1 is 1.33 bits per heavy atom. The van der Waals surface area contributed by atoms with E-state index < -0.39 is 0 Å². The number of fused-ring (bicyclic) bond motifs is 1. The number of nitrogens with two attached hydrogens (primary N) is 1. The van der Waals surface area contributed by atoms with Crippen LogP contribution >= 0.6 is 27.5 Å². The lowest BCUT2D eigenvalue weighted by Crippen LogP contribution is -1.97. The highest BCUT2D eigenvalue weighted by molar-refractivity contribution is 9.10. The Morgan fingerprint density at radius 3 is 2.76 bits per heavy atom. The SMILES string of the molecule is Cn1nc(-c2cc(Cl)c(O)c(Br)c2O)c2cnc(N)nc21. The van der Waals surface area contributed by atoms with E-state index in [1.807, 2.05) is 0 Å². The van der Waals surface area contributed by atoms with Crippen molar-refractivity contribution in [2.24, 2.45) is 7.05 Å². The zero-order valence-corrected chi connectivity index (χ0v) is 13.0. The molecule has 9 heteroatoms. The van der Waals surface area contributed by atoms with Crippen molar-refractivity contribution in [2.75, 3.05) is 5.73 Å². The number of phenols is 2. The number of aryl methyl sites for hydroxylation is 1. The molecule has 3 rings (SSSR count). The van der Waals surface area contributed by atoms with Gasteiger partial charge in [-0.3, -0.25) is 0 Å². The van der Waals surface area contributed by atoms with Gasteiger partial charge in [-0.15, -0.1) is 0 Å². The maximum Gasteiger partial charge on any atom is 0.222 e. The van der Waals surface area contributed by atoms with Gasteiger partial charge in [0.25, 0.3) is 0 Å². The maximum atomic E-state index is 10.2. The van der Waals surface area contributed by atoms with Crippen LogP contribution in [0.1, 0.15) is 0 Å². The average molecular weight is 371 g/mol. The molecule has 0 aliphatic carbocycles. The smallest absolute Gasteiger partial charge is 0.222 e. The van der Waals surface area contributed by atoms with Crippen LogP contribution in [-0.4, -0.2) is 30.0 Å². The Labute approximate surface area is 132 Å². The number of benzene rings is 1. The van der Waals surface area contributed by atoms with Crippen LogP contribution in [0.4, 0.5) is 5.95 Å². The molecule has 0 aliphatic rings. The summed E-state index contributed by atoms with van der Waals surface area (Å²) in [4.78, 5) is 8.04. The lowest BCUT2D eigenvalue weighted by Gasteiger charge is -2.08. The first kappa shape index (κ1) is 13.9. The molecule has 0 unspecified atom stereocenters. The van der Waals surface area contributed by atoms with Gasteiger partial charge in [0, 0.05) is 18.8 Å². The molecule has 0 radical (unpaired) electrons. The largest absolute Gasteiger partial charge is 0.506 e. The summed E-state index contributed by atoms with van der Waals surface area (Å²) in [5, 5.41) is 24.9. The van der Waals surface area contributed by atoms with Crippen LogP contribution in [0.25, 0.3) is 22.3 Å². The molecule has 0 saturated carbocycles. The second kappa shape index (κ2) is 4.74. The number of anilines is 1. The third-order valence-electron chi connectivity index (χ3n) is 3.02. The fraction of sp³-hybridized carbons (Fsp3) is 0.0833. The predicted octanol–water partition coefficient (Wildman–Crippen LogP) is 2.44. The molecule has 0 amide bonds. The first-order chi connectivity index (χ1) is 9.90. The third kappa shape index (κ3) is 2.07. The minimum atomic E-state index is -0.237. The van der Waals surface area contributed by atoms with Crippen molar-refractivity contribution in [3.8, 4) is 22.8 Å². The van der Waals surface area contributed by atoms with E-state index in [0.717, 1.165) is 0 Å². The van der Waals surface area contributed by atoms with E-state index in [0.29, 0.717) is 22.3 Å². The second-order valence-electron chi connectivity index (χ2n) is 4.35. The molecule has 3 aromatic rings. The summed E-state index contributed by atoms with van der Waals surface area (Å²) in [7, 11) is 1.70. The molecule has 0 spiro atoms. The molecule has 0 fully saturated rings. The van der Waals surface area contributed by atoms with Crippen molar-refractivity contribution < 1.29 is 10.2 Å². The van der Waals surface area contributed by atoms with Crippen LogP contribution in [0.3, 0.4) is 0 Å². The number of hydrogen-bond acceptors (Lipinski definition) is 6. The van der Waals surface area contributed by atoms with Crippen molar-refractivity contribution in [1.82, 2.24) is 19.7 Å². The van der Waals surface area contributed by atoms with Crippen LogP contribution in [0, 0.1) is 0 Å². The van der Waals surface area contributed by atoms with E-state index in [9.17, 15) is 10.2 Å². The highest BCUT2D eigenvalue weighted by Crippen LogP contribution is 2.45. The Hall–Kier alpha value is -2.06. The molecule has 21 heavy (non-hydrogen) atoms. The Balaban J connectivity index is 2.36. The molecule has 0 saturated heterocycles. The van der Waals surface area contributed by atoms with Crippen molar-refractivity contribution in [3.05, 3.63) is 21.8 Å². The monoisotopic (exact) mass is 369 g/mol. The number of hydrogen-bond donors (Lipinski definition) is 3. The fourth-order valence-corrected chi connectivity index (χ4v) is 2.77. The molecule has 0 atom stereocenters. The quantitative estimate of drug-likeness (QED) is 0.607. The predicted molar refractivity (Wildman–Crippen MR) is 82.2 cm³/mol. The molecule has 7 nitrogen and oxygen atoms in total. The van der Waals surface area contributed by atoms with Gasteiger partial charge >= 0.3 is 0 Å². The van der Waals surface area contributed by atoms with Gasteiger partial charge < -0.3 is 15.9 Å². The van der Waals surface area contributed by atoms with Crippen molar-refractivity contribution in [3.63, 3.8) is 0 Å². The highest BCUT2D eigenvalue weighted by atomic mass is 79.9. The van der Waals surface area contributed by atoms with E-state index >= 15 is 0 Å². The zero-order valence-electron chi connectivity index (χ0n) is 10.7. The van der Waals surface area contributed by atoms with Gasteiger partial charge in [0.1, 0.15) is 15.9 Å². The number of rotatable bonds is 1. The zero-order chi connectivity index (χ0) is 15.3. The average Bonchev–Trinajstić information content (AvgIpc) is 2.77. The minimum Gasteiger partial charge on any atom is -0.506 e. The normalized spacial score (nSPS) is 11.2. The maximum absolute atomic E-state index is 10.2. The van der Waals surface area contributed by atoms with Gasteiger partial charge in [-0.2, -0.15) is 10.1 Å². The van der Waals surface area contributed by atoms with E-state index in [1.165, 1.54) is 16.9 Å². The van der Waals surface area contributed by atoms with Crippen molar-refractivity contribution >= 4 is 44.5 Å². The molecule has 4 N–H and O–H groups in total. The molecular formula is C12H9BrClN5O2. The highest BCUT2D eigenvalue weighted by Gasteiger charge is 2.20. The Bertz CT molecular complexity index is 880. The van der Waals surface area contributed by atoms with E-state index in [4.69, 9.17) is 17.3 Å². The molecule has 108 valence electrons. The first-order valence-electron chi connectivity index (χ1n) is 5.75.